The normalized spacial score (nSPS) is 12.1. The number of halogens is 1. The number of allylic oxidation sites excluding steroid dienone is 3. The van der Waals surface area contributed by atoms with Crippen LogP contribution in [0.15, 0.2) is 23.8 Å². The number of hydrogen-bond acceptors (Lipinski definition) is 2. The van der Waals surface area contributed by atoms with Gasteiger partial charge in [-0.05, 0) is 6.92 Å². The molecule has 62 valence electrons. The first kappa shape index (κ1) is 10.2. The van der Waals surface area contributed by atoms with Gasteiger partial charge in [-0.15, -0.1) is 11.6 Å². The highest BCUT2D eigenvalue weighted by atomic mass is 35.5. The van der Waals surface area contributed by atoms with E-state index in [0.717, 1.165) is 5.57 Å². The summed E-state index contributed by atoms with van der Waals surface area (Å²) < 4.78 is 4.38. The average molecular weight is 175 g/mol. The number of carbonyl (C=O) groups is 1. The highest BCUT2D eigenvalue weighted by Gasteiger charge is 1.87. The molecule has 0 aromatic rings. The smallest absolute Gasteiger partial charge is 0.330 e. The molecule has 0 bridgehead atoms. The fourth-order valence-corrected chi connectivity index (χ4v) is 0.493. The molecule has 0 radical (unpaired) electrons. The fraction of sp³-hybridized carbons (Fsp3) is 0.375. The Bertz CT molecular complexity index is 183. The molecule has 0 heterocycles. The Morgan fingerprint density at radius 3 is 2.73 bits per heavy atom. The van der Waals surface area contributed by atoms with Crippen LogP contribution in [0, 0.1) is 0 Å². The Labute approximate surface area is 71.5 Å². The van der Waals surface area contributed by atoms with Gasteiger partial charge in [0.2, 0.25) is 0 Å². The lowest BCUT2D eigenvalue weighted by Crippen LogP contribution is -1.92. The number of hydrogen-bond donors (Lipinski definition) is 0. The highest BCUT2D eigenvalue weighted by Crippen LogP contribution is 1.95. The summed E-state index contributed by atoms with van der Waals surface area (Å²) in [5.41, 5.74) is 1.01. The van der Waals surface area contributed by atoms with Crippen LogP contribution >= 0.6 is 11.6 Å². The zero-order valence-corrected chi connectivity index (χ0v) is 7.39. The van der Waals surface area contributed by atoms with Crippen LogP contribution in [0.5, 0.6) is 0 Å². The van der Waals surface area contributed by atoms with Crippen LogP contribution in [-0.4, -0.2) is 19.0 Å². The summed E-state index contributed by atoms with van der Waals surface area (Å²) >= 11 is 5.48. The maximum atomic E-state index is 10.5. The molecule has 0 aliphatic rings. The van der Waals surface area contributed by atoms with E-state index < -0.39 is 0 Å². The first-order valence-corrected chi connectivity index (χ1v) is 3.72. The molecule has 0 aliphatic carbocycles. The van der Waals surface area contributed by atoms with E-state index in [1.165, 1.54) is 13.2 Å². The Morgan fingerprint density at radius 1 is 1.64 bits per heavy atom. The lowest BCUT2D eigenvalue weighted by molar-refractivity contribution is -0.134. The van der Waals surface area contributed by atoms with Crippen molar-refractivity contribution in [3.63, 3.8) is 0 Å². The Morgan fingerprint density at radius 2 is 2.27 bits per heavy atom. The van der Waals surface area contributed by atoms with Crippen molar-refractivity contribution in [1.29, 1.82) is 0 Å². The first-order chi connectivity index (χ1) is 5.20. The molecule has 0 N–H and O–H groups in total. The van der Waals surface area contributed by atoms with Gasteiger partial charge in [0.15, 0.2) is 0 Å². The quantitative estimate of drug-likeness (QED) is 0.283. The van der Waals surface area contributed by atoms with E-state index >= 15 is 0 Å². The van der Waals surface area contributed by atoms with Gasteiger partial charge in [0, 0.05) is 12.0 Å². The van der Waals surface area contributed by atoms with Crippen molar-refractivity contribution in [1.82, 2.24) is 0 Å². The standard InChI is InChI=1S/C8H11ClO2/c1-7(6-9)4-3-5-8(10)11-2/h3-5H,6H2,1-2H3/b5-3+,7-4+. The van der Waals surface area contributed by atoms with Crippen LogP contribution in [0.3, 0.4) is 0 Å². The van der Waals surface area contributed by atoms with Gasteiger partial charge in [-0.25, -0.2) is 4.79 Å². The van der Waals surface area contributed by atoms with Crippen LogP contribution in [-0.2, 0) is 9.53 Å². The van der Waals surface area contributed by atoms with Crippen molar-refractivity contribution in [2.45, 2.75) is 6.92 Å². The van der Waals surface area contributed by atoms with Crippen molar-refractivity contribution in [3.05, 3.63) is 23.8 Å². The number of rotatable bonds is 3. The molecule has 2 nitrogen and oxygen atoms in total. The molecule has 0 saturated heterocycles. The van der Waals surface area contributed by atoms with E-state index in [-0.39, 0.29) is 5.97 Å². The van der Waals surface area contributed by atoms with E-state index in [1.807, 2.05) is 6.92 Å². The Balaban J connectivity index is 3.85. The molecule has 0 fully saturated rings. The minimum absolute atomic E-state index is 0.358. The molecule has 0 rings (SSSR count). The summed E-state index contributed by atoms with van der Waals surface area (Å²) in [6, 6.07) is 0. The zero-order valence-electron chi connectivity index (χ0n) is 6.63. The zero-order chi connectivity index (χ0) is 8.69. The molecule has 0 saturated carbocycles. The Kier molecular flexibility index (Phi) is 5.57. The predicted molar refractivity (Wildman–Crippen MR) is 45.6 cm³/mol. The van der Waals surface area contributed by atoms with Gasteiger partial charge in [0.1, 0.15) is 0 Å². The first-order valence-electron chi connectivity index (χ1n) is 3.18. The lowest BCUT2D eigenvalue weighted by Gasteiger charge is -1.88. The molecule has 0 aromatic carbocycles. The van der Waals surface area contributed by atoms with Crippen molar-refractivity contribution in [2.24, 2.45) is 0 Å². The fourth-order valence-electron chi connectivity index (χ4n) is 0.404. The second-order valence-corrected chi connectivity index (χ2v) is 2.30. The van der Waals surface area contributed by atoms with Crippen molar-refractivity contribution in [3.8, 4) is 0 Å². The minimum Gasteiger partial charge on any atom is -0.466 e. The average Bonchev–Trinajstić information content (AvgIpc) is 2.04. The largest absolute Gasteiger partial charge is 0.466 e. The van der Waals surface area contributed by atoms with E-state index in [2.05, 4.69) is 4.74 Å². The summed E-state index contributed by atoms with van der Waals surface area (Å²) in [4.78, 5) is 10.5. The molecule has 0 aliphatic heterocycles. The number of esters is 1. The highest BCUT2D eigenvalue weighted by molar-refractivity contribution is 6.19. The van der Waals surface area contributed by atoms with Crippen molar-refractivity contribution in [2.75, 3.05) is 13.0 Å². The second kappa shape index (κ2) is 5.98. The molecular formula is C8H11ClO2. The third kappa shape index (κ3) is 5.67. The molecule has 0 spiro atoms. The maximum Gasteiger partial charge on any atom is 0.330 e. The van der Waals surface area contributed by atoms with Gasteiger partial charge < -0.3 is 4.74 Å². The van der Waals surface area contributed by atoms with Crippen LogP contribution in [0.1, 0.15) is 6.92 Å². The summed E-state index contributed by atoms with van der Waals surface area (Å²) in [6.45, 7) is 1.88. The molecule has 0 atom stereocenters. The molecule has 3 heteroatoms. The topological polar surface area (TPSA) is 26.3 Å². The van der Waals surface area contributed by atoms with E-state index in [9.17, 15) is 4.79 Å². The molecule has 0 aromatic heterocycles. The summed E-state index contributed by atoms with van der Waals surface area (Å²) in [7, 11) is 1.34. The number of ether oxygens (including phenoxy) is 1. The lowest BCUT2D eigenvalue weighted by atomic mass is 10.3. The van der Waals surface area contributed by atoms with Gasteiger partial charge in [-0.2, -0.15) is 0 Å². The Hall–Kier alpha value is -0.760. The van der Waals surface area contributed by atoms with Gasteiger partial charge >= 0.3 is 5.97 Å². The SMILES string of the molecule is COC(=O)/C=C/C=C(\C)CCl. The van der Waals surface area contributed by atoms with Crippen LogP contribution < -0.4 is 0 Å². The second-order valence-electron chi connectivity index (χ2n) is 2.03. The van der Waals surface area contributed by atoms with Gasteiger partial charge in [0.25, 0.3) is 0 Å². The van der Waals surface area contributed by atoms with Gasteiger partial charge in [0.05, 0.1) is 7.11 Å². The number of alkyl halides is 1. The summed E-state index contributed by atoms with van der Waals surface area (Å²) in [6.07, 6.45) is 4.73. The van der Waals surface area contributed by atoms with Crippen LogP contribution in [0.4, 0.5) is 0 Å². The summed E-state index contributed by atoms with van der Waals surface area (Å²) in [5.74, 6) is 0.120. The molecule has 0 amide bonds. The van der Waals surface area contributed by atoms with E-state index in [1.54, 1.807) is 12.2 Å². The van der Waals surface area contributed by atoms with E-state index in [4.69, 9.17) is 11.6 Å². The molecular weight excluding hydrogens is 164 g/mol. The van der Waals surface area contributed by atoms with Crippen LogP contribution in [0.25, 0.3) is 0 Å². The number of carbonyl (C=O) groups excluding carboxylic acids is 1. The molecule has 0 unspecified atom stereocenters. The third-order valence-corrected chi connectivity index (χ3v) is 1.45. The van der Waals surface area contributed by atoms with Gasteiger partial charge in [-0.3, -0.25) is 0 Å². The van der Waals surface area contributed by atoms with Gasteiger partial charge in [-0.1, -0.05) is 17.7 Å². The van der Waals surface area contributed by atoms with E-state index in [0.29, 0.717) is 5.88 Å². The number of methoxy groups -OCH3 is 1. The summed E-state index contributed by atoms with van der Waals surface area (Å²) in [5, 5.41) is 0. The predicted octanol–water partition coefficient (Wildman–Crippen LogP) is 1.90. The third-order valence-electron chi connectivity index (χ3n) is 1.03. The monoisotopic (exact) mass is 174 g/mol. The minimum atomic E-state index is -0.358. The molecule has 11 heavy (non-hydrogen) atoms. The van der Waals surface area contributed by atoms with Crippen molar-refractivity contribution < 1.29 is 9.53 Å². The van der Waals surface area contributed by atoms with Crippen molar-refractivity contribution >= 4 is 17.6 Å². The van der Waals surface area contributed by atoms with Crippen LogP contribution in [0.2, 0.25) is 0 Å². The maximum absolute atomic E-state index is 10.5.